The fourth-order valence-electron chi connectivity index (χ4n) is 1.70. The van der Waals surface area contributed by atoms with Gasteiger partial charge in [0.15, 0.2) is 0 Å². The maximum absolute atomic E-state index is 13.1. The van der Waals surface area contributed by atoms with E-state index >= 15 is 0 Å². The number of urea groups is 1. The summed E-state index contributed by atoms with van der Waals surface area (Å²) in [6.45, 7) is 1.53. The lowest BCUT2D eigenvalue weighted by atomic mass is 10.3. The van der Waals surface area contributed by atoms with Gasteiger partial charge in [0.25, 0.3) is 0 Å². The first-order chi connectivity index (χ1) is 7.66. The molecular weight excluding hydrogens is 231 g/mol. The molecule has 1 aliphatic rings. The summed E-state index contributed by atoms with van der Waals surface area (Å²) in [6.07, 6.45) is 2.06. The van der Waals surface area contributed by atoms with Gasteiger partial charge in [-0.1, -0.05) is 11.6 Å². The molecule has 1 saturated heterocycles. The van der Waals surface area contributed by atoms with Gasteiger partial charge in [-0.2, -0.15) is 0 Å². The van der Waals surface area contributed by atoms with Crippen LogP contribution in [0.1, 0.15) is 12.8 Å². The van der Waals surface area contributed by atoms with Gasteiger partial charge >= 0.3 is 6.03 Å². The van der Waals surface area contributed by atoms with Crippen LogP contribution < -0.4 is 5.32 Å². The van der Waals surface area contributed by atoms with E-state index in [1.165, 1.54) is 12.1 Å². The van der Waals surface area contributed by atoms with Crippen LogP contribution in [0.5, 0.6) is 0 Å². The minimum Gasteiger partial charge on any atom is -0.325 e. The average Bonchev–Trinajstić information content (AvgIpc) is 2.77. The fourth-order valence-corrected chi connectivity index (χ4v) is 1.81. The zero-order valence-corrected chi connectivity index (χ0v) is 9.43. The summed E-state index contributed by atoms with van der Waals surface area (Å²) in [7, 11) is 0. The van der Waals surface area contributed by atoms with E-state index in [0.717, 1.165) is 25.9 Å². The SMILES string of the molecule is O=C(Nc1ccc(Cl)c(F)c1)N1CCCC1. The van der Waals surface area contributed by atoms with Crippen molar-refractivity contribution in [3.63, 3.8) is 0 Å². The number of benzene rings is 1. The summed E-state index contributed by atoms with van der Waals surface area (Å²) in [5, 5.41) is 2.70. The second-order valence-electron chi connectivity index (χ2n) is 3.75. The smallest absolute Gasteiger partial charge is 0.321 e. The molecule has 1 N–H and O–H groups in total. The van der Waals surface area contributed by atoms with Crippen molar-refractivity contribution in [1.82, 2.24) is 4.90 Å². The molecule has 1 aromatic rings. The standard InChI is InChI=1S/C11H12ClFN2O/c12-9-4-3-8(7-10(9)13)14-11(16)15-5-1-2-6-15/h3-4,7H,1-2,5-6H2,(H,14,16). The van der Waals surface area contributed by atoms with Crippen LogP contribution in [-0.4, -0.2) is 24.0 Å². The van der Waals surface area contributed by atoms with Gasteiger partial charge in [0.05, 0.1) is 5.02 Å². The van der Waals surface area contributed by atoms with Gasteiger partial charge in [0.2, 0.25) is 0 Å². The molecule has 16 heavy (non-hydrogen) atoms. The first-order valence-electron chi connectivity index (χ1n) is 5.18. The molecule has 86 valence electrons. The average molecular weight is 243 g/mol. The molecule has 1 aromatic carbocycles. The lowest BCUT2D eigenvalue weighted by Gasteiger charge is -2.16. The number of amides is 2. The lowest BCUT2D eigenvalue weighted by molar-refractivity contribution is 0.222. The first kappa shape index (κ1) is 11.2. The van der Waals surface area contributed by atoms with E-state index in [4.69, 9.17) is 11.6 Å². The molecule has 2 rings (SSSR count). The minimum absolute atomic E-state index is 0.0548. The monoisotopic (exact) mass is 242 g/mol. The number of anilines is 1. The summed E-state index contributed by atoms with van der Waals surface area (Å²) in [4.78, 5) is 13.4. The van der Waals surface area contributed by atoms with Crippen LogP contribution in [0.25, 0.3) is 0 Å². The number of halogens is 2. The third kappa shape index (κ3) is 2.44. The zero-order chi connectivity index (χ0) is 11.5. The predicted octanol–water partition coefficient (Wildman–Crippen LogP) is 3.11. The quantitative estimate of drug-likeness (QED) is 0.806. The summed E-state index contributed by atoms with van der Waals surface area (Å²) >= 11 is 5.55. The summed E-state index contributed by atoms with van der Waals surface area (Å²) in [6, 6.07) is 4.05. The third-order valence-electron chi connectivity index (χ3n) is 2.56. The van der Waals surface area contributed by atoms with Gasteiger partial charge in [-0.15, -0.1) is 0 Å². The topological polar surface area (TPSA) is 32.3 Å². The highest BCUT2D eigenvalue weighted by Gasteiger charge is 2.17. The Morgan fingerprint density at radius 2 is 2.06 bits per heavy atom. The van der Waals surface area contributed by atoms with Crippen molar-refractivity contribution in [2.75, 3.05) is 18.4 Å². The van der Waals surface area contributed by atoms with Crippen LogP contribution in [0.3, 0.4) is 0 Å². The Morgan fingerprint density at radius 3 is 2.69 bits per heavy atom. The zero-order valence-electron chi connectivity index (χ0n) is 8.67. The van der Waals surface area contributed by atoms with Crippen LogP contribution >= 0.6 is 11.6 Å². The molecule has 0 atom stereocenters. The fraction of sp³-hybridized carbons (Fsp3) is 0.364. The first-order valence-corrected chi connectivity index (χ1v) is 5.55. The Balaban J connectivity index is 2.02. The van der Waals surface area contributed by atoms with E-state index in [0.29, 0.717) is 5.69 Å². The van der Waals surface area contributed by atoms with Gasteiger partial charge in [0.1, 0.15) is 5.82 Å². The van der Waals surface area contributed by atoms with Crippen LogP contribution in [-0.2, 0) is 0 Å². The number of nitrogens with one attached hydrogen (secondary N) is 1. The Labute approximate surface area is 98.2 Å². The van der Waals surface area contributed by atoms with E-state index in [1.807, 2.05) is 0 Å². The van der Waals surface area contributed by atoms with Crippen LogP contribution in [0.15, 0.2) is 18.2 Å². The maximum atomic E-state index is 13.1. The molecule has 0 saturated carbocycles. The van der Waals surface area contributed by atoms with Crippen molar-refractivity contribution in [1.29, 1.82) is 0 Å². The second kappa shape index (κ2) is 4.70. The van der Waals surface area contributed by atoms with Crippen molar-refractivity contribution in [2.45, 2.75) is 12.8 Å². The molecule has 0 bridgehead atoms. The van der Waals surface area contributed by atoms with Crippen molar-refractivity contribution >= 4 is 23.3 Å². The van der Waals surface area contributed by atoms with E-state index in [-0.39, 0.29) is 11.1 Å². The molecule has 2 amide bonds. The van der Waals surface area contributed by atoms with E-state index < -0.39 is 5.82 Å². The third-order valence-corrected chi connectivity index (χ3v) is 2.87. The molecule has 5 heteroatoms. The van der Waals surface area contributed by atoms with Crippen molar-refractivity contribution in [2.24, 2.45) is 0 Å². The van der Waals surface area contributed by atoms with Crippen molar-refractivity contribution in [3.05, 3.63) is 29.0 Å². The van der Waals surface area contributed by atoms with Gasteiger partial charge in [-0.3, -0.25) is 0 Å². The molecule has 0 aliphatic carbocycles. The predicted molar refractivity (Wildman–Crippen MR) is 61.2 cm³/mol. The summed E-state index contributed by atoms with van der Waals surface area (Å²) in [5.74, 6) is -0.527. The Morgan fingerprint density at radius 1 is 1.38 bits per heavy atom. The molecule has 1 heterocycles. The van der Waals surface area contributed by atoms with E-state index in [2.05, 4.69) is 5.32 Å². The highest BCUT2D eigenvalue weighted by molar-refractivity contribution is 6.30. The molecule has 1 fully saturated rings. The van der Waals surface area contributed by atoms with Crippen LogP contribution in [0, 0.1) is 5.82 Å². The van der Waals surface area contributed by atoms with Gasteiger partial charge in [-0.25, -0.2) is 9.18 Å². The van der Waals surface area contributed by atoms with Gasteiger partial charge < -0.3 is 10.2 Å². The largest absolute Gasteiger partial charge is 0.325 e. The number of hydrogen-bond acceptors (Lipinski definition) is 1. The number of carbonyl (C=O) groups is 1. The van der Waals surface area contributed by atoms with Gasteiger partial charge in [0, 0.05) is 18.8 Å². The lowest BCUT2D eigenvalue weighted by Crippen LogP contribution is -2.32. The summed E-state index contributed by atoms with van der Waals surface area (Å²) < 4.78 is 13.1. The number of rotatable bonds is 1. The van der Waals surface area contributed by atoms with E-state index in [9.17, 15) is 9.18 Å². The Bertz CT molecular complexity index is 405. The molecular formula is C11H12ClFN2O. The molecule has 1 aliphatic heterocycles. The Kier molecular flexibility index (Phi) is 3.29. The highest BCUT2D eigenvalue weighted by atomic mass is 35.5. The molecule has 3 nitrogen and oxygen atoms in total. The molecule has 0 radical (unpaired) electrons. The molecule has 0 aromatic heterocycles. The molecule has 0 spiro atoms. The maximum Gasteiger partial charge on any atom is 0.321 e. The normalized spacial score (nSPS) is 15.2. The molecule has 0 unspecified atom stereocenters. The van der Waals surface area contributed by atoms with E-state index in [1.54, 1.807) is 11.0 Å². The number of nitrogens with zero attached hydrogens (tertiary/aromatic N) is 1. The van der Waals surface area contributed by atoms with Crippen molar-refractivity contribution in [3.8, 4) is 0 Å². The van der Waals surface area contributed by atoms with Gasteiger partial charge in [-0.05, 0) is 31.0 Å². The number of hydrogen-bond donors (Lipinski definition) is 1. The summed E-state index contributed by atoms with van der Waals surface area (Å²) in [5.41, 5.74) is 0.429. The van der Waals surface area contributed by atoms with Crippen LogP contribution in [0.2, 0.25) is 5.02 Å². The van der Waals surface area contributed by atoms with Crippen LogP contribution in [0.4, 0.5) is 14.9 Å². The highest BCUT2D eigenvalue weighted by Crippen LogP contribution is 2.19. The number of carbonyl (C=O) groups excluding carboxylic acids is 1. The minimum atomic E-state index is -0.527. The second-order valence-corrected chi connectivity index (χ2v) is 4.16. The Hall–Kier alpha value is -1.29. The van der Waals surface area contributed by atoms with Crippen molar-refractivity contribution < 1.29 is 9.18 Å². The number of likely N-dealkylation sites (tertiary alicyclic amines) is 1.